The van der Waals surface area contributed by atoms with Gasteiger partial charge in [-0.15, -0.1) is 0 Å². The fourth-order valence-corrected chi connectivity index (χ4v) is 1.93. The van der Waals surface area contributed by atoms with Gasteiger partial charge in [0.2, 0.25) is 0 Å². The normalized spacial score (nSPS) is 10.6. The molecule has 5 heteroatoms. The zero-order valence-corrected chi connectivity index (χ0v) is 11.0. The average molecular weight is 281 g/mol. The first-order valence-electron chi connectivity index (χ1n) is 5.97. The van der Waals surface area contributed by atoms with Crippen LogP contribution >= 0.6 is 11.6 Å². The SMILES string of the molecule is O=c1ccccn1CCNCc1ccc(F)c(Cl)c1. The molecule has 1 heterocycles. The smallest absolute Gasteiger partial charge is 0.250 e. The maximum atomic E-state index is 13.0. The minimum atomic E-state index is -0.416. The molecule has 1 aromatic heterocycles. The highest BCUT2D eigenvalue weighted by Gasteiger charge is 2.00. The molecular formula is C14H14ClFN2O. The average Bonchev–Trinajstić information content (AvgIpc) is 2.40. The van der Waals surface area contributed by atoms with Gasteiger partial charge >= 0.3 is 0 Å². The predicted molar refractivity (Wildman–Crippen MR) is 73.8 cm³/mol. The summed E-state index contributed by atoms with van der Waals surface area (Å²) in [6.07, 6.45) is 1.75. The minimum absolute atomic E-state index is 0.0193. The third-order valence-corrected chi connectivity index (χ3v) is 3.03. The number of nitrogens with one attached hydrogen (secondary N) is 1. The van der Waals surface area contributed by atoms with Crippen LogP contribution in [0.2, 0.25) is 5.02 Å². The van der Waals surface area contributed by atoms with Crippen molar-refractivity contribution in [3.8, 4) is 0 Å². The highest BCUT2D eigenvalue weighted by molar-refractivity contribution is 6.30. The number of hydrogen-bond donors (Lipinski definition) is 1. The molecule has 3 nitrogen and oxygen atoms in total. The number of aromatic nitrogens is 1. The summed E-state index contributed by atoms with van der Waals surface area (Å²) in [6, 6.07) is 9.69. The van der Waals surface area contributed by atoms with Crippen LogP contribution in [-0.4, -0.2) is 11.1 Å². The van der Waals surface area contributed by atoms with Crippen LogP contribution in [0.15, 0.2) is 47.4 Å². The van der Waals surface area contributed by atoms with Gasteiger partial charge in [0.1, 0.15) is 5.82 Å². The van der Waals surface area contributed by atoms with Crippen LogP contribution in [0.1, 0.15) is 5.56 Å². The molecule has 0 saturated heterocycles. The van der Waals surface area contributed by atoms with Crippen molar-refractivity contribution in [2.75, 3.05) is 6.54 Å². The standard InChI is InChI=1S/C14H14ClFN2O/c15-12-9-11(4-5-13(12)16)10-17-6-8-18-7-2-1-3-14(18)19/h1-5,7,9,17H,6,8,10H2. The van der Waals surface area contributed by atoms with Crippen molar-refractivity contribution in [2.24, 2.45) is 0 Å². The van der Waals surface area contributed by atoms with E-state index in [2.05, 4.69) is 5.32 Å². The molecule has 2 rings (SSSR count). The summed E-state index contributed by atoms with van der Waals surface area (Å²) in [4.78, 5) is 11.4. The Morgan fingerprint density at radius 3 is 2.84 bits per heavy atom. The first kappa shape index (κ1) is 13.8. The summed E-state index contributed by atoms with van der Waals surface area (Å²) in [5.41, 5.74) is 0.890. The lowest BCUT2D eigenvalue weighted by Crippen LogP contribution is -2.25. The summed E-state index contributed by atoms with van der Waals surface area (Å²) in [5.74, 6) is -0.416. The van der Waals surface area contributed by atoms with Gasteiger partial charge in [-0.25, -0.2) is 4.39 Å². The van der Waals surface area contributed by atoms with Crippen molar-refractivity contribution in [3.05, 3.63) is 69.4 Å². The number of pyridine rings is 1. The molecule has 2 aromatic rings. The van der Waals surface area contributed by atoms with E-state index in [9.17, 15) is 9.18 Å². The van der Waals surface area contributed by atoms with Crippen LogP contribution in [0.3, 0.4) is 0 Å². The maximum absolute atomic E-state index is 13.0. The Bertz CT molecular complexity index is 612. The van der Waals surface area contributed by atoms with E-state index in [0.29, 0.717) is 19.6 Å². The molecule has 0 aliphatic heterocycles. The van der Waals surface area contributed by atoms with Crippen LogP contribution in [0.5, 0.6) is 0 Å². The summed E-state index contributed by atoms with van der Waals surface area (Å²) in [7, 11) is 0. The molecule has 0 fully saturated rings. The summed E-state index contributed by atoms with van der Waals surface area (Å²) in [5, 5.41) is 3.31. The van der Waals surface area contributed by atoms with Crippen LogP contribution in [0, 0.1) is 5.82 Å². The fraction of sp³-hybridized carbons (Fsp3) is 0.214. The van der Waals surface area contributed by atoms with Crippen molar-refractivity contribution in [1.82, 2.24) is 9.88 Å². The molecule has 1 N–H and O–H groups in total. The topological polar surface area (TPSA) is 34.0 Å². The molecule has 0 radical (unpaired) electrons. The zero-order valence-electron chi connectivity index (χ0n) is 10.3. The van der Waals surface area contributed by atoms with Gasteiger partial charge in [-0.05, 0) is 23.8 Å². The second-order valence-corrected chi connectivity index (χ2v) is 4.56. The van der Waals surface area contributed by atoms with Gasteiger partial charge in [0.25, 0.3) is 5.56 Å². The highest BCUT2D eigenvalue weighted by atomic mass is 35.5. The highest BCUT2D eigenvalue weighted by Crippen LogP contribution is 2.15. The Kier molecular flexibility index (Phi) is 4.71. The number of hydrogen-bond acceptors (Lipinski definition) is 2. The molecule has 1 aromatic carbocycles. The Morgan fingerprint density at radius 1 is 1.26 bits per heavy atom. The molecular weight excluding hydrogens is 267 g/mol. The van der Waals surface area contributed by atoms with Gasteiger partial charge in [-0.2, -0.15) is 0 Å². The monoisotopic (exact) mass is 280 g/mol. The van der Waals surface area contributed by atoms with E-state index in [1.54, 1.807) is 29.0 Å². The largest absolute Gasteiger partial charge is 0.314 e. The van der Waals surface area contributed by atoms with Gasteiger partial charge in [0.15, 0.2) is 0 Å². The minimum Gasteiger partial charge on any atom is -0.314 e. The summed E-state index contributed by atoms with van der Waals surface area (Å²) < 4.78 is 14.6. The van der Waals surface area contributed by atoms with Gasteiger partial charge in [-0.3, -0.25) is 4.79 Å². The molecule has 0 saturated carbocycles. The molecule has 0 atom stereocenters. The molecule has 0 aliphatic carbocycles. The Morgan fingerprint density at radius 2 is 2.11 bits per heavy atom. The summed E-state index contributed by atoms with van der Waals surface area (Å²) >= 11 is 5.70. The van der Waals surface area contributed by atoms with Crippen LogP contribution < -0.4 is 10.9 Å². The van der Waals surface area contributed by atoms with Crippen molar-refractivity contribution in [3.63, 3.8) is 0 Å². The van der Waals surface area contributed by atoms with Gasteiger partial charge in [0, 0.05) is 31.9 Å². The van der Waals surface area contributed by atoms with Crippen LogP contribution in [0.4, 0.5) is 4.39 Å². The third kappa shape index (κ3) is 3.91. The molecule has 0 spiro atoms. The van der Waals surface area contributed by atoms with Crippen molar-refractivity contribution < 1.29 is 4.39 Å². The van der Waals surface area contributed by atoms with E-state index in [0.717, 1.165) is 5.56 Å². The first-order chi connectivity index (χ1) is 9.16. The lowest BCUT2D eigenvalue weighted by molar-refractivity contribution is 0.583. The molecule has 0 amide bonds. The Hall–Kier alpha value is -1.65. The molecule has 19 heavy (non-hydrogen) atoms. The number of benzene rings is 1. The van der Waals surface area contributed by atoms with Crippen molar-refractivity contribution in [2.45, 2.75) is 13.1 Å². The molecule has 0 aliphatic rings. The Labute approximate surface area is 115 Å². The van der Waals surface area contributed by atoms with Crippen LogP contribution in [0.25, 0.3) is 0 Å². The van der Waals surface area contributed by atoms with Crippen LogP contribution in [-0.2, 0) is 13.1 Å². The second-order valence-electron chi connectivity index (χ2n) is 4.16. The van der Waals surface area contributed by atoms with E-state index < -0.39 is 5.82 Å². The van der Waals surface area contributed by atoms with Crippen molar-refractivity contribution in [1.29, 1.82) is 0 Å². The van der Waals surface area contributed by atoms with E-state index >= 15 is 0 Å². The van der Waals surface area contributed by atoms with Gasteiger partial charge in [0.05, 0.1) is 5.02 Å². The van der Waals surface area contributed by atoms with E-state index in [1.165, 1.54) is 12.1 Å². The number of halogens is 2. The first-order valence-corrected chi connectivity index (χ1v) is 6.35. The lowest BCUT2D eigenvalue weighted by Gasteiger charge is -2.07. The zero-order chi connectivity index (χ0) is 13.7. The molecule has 100 valence electrons. The summed E-state index contributed by atoms with van der Waals surface area (Å²) in [6.45, 7) is 1.83. The van der Waals surface area contributed by atoms with E-state index in [-0.39, 0.29) is 10.6 Å². The van der Waals surface area contributed by atoms with Gasteiger partial charge < -0.3 is 9.88 Å². The predicted octanol–water partition coefficient (Wildman–Crippen LogP) is 2.43. The van der Waals surface area contributed by atoms with E-state index in [1.807, 2.05) is 6.07 Å². The molecule has 0 bridgehead atoms. The lowest BCUT2D eigenvalue weighted by atomic mass is 10.2. The third-order valence-electron chi connectivity index (χ3n) is 2.74. The fourth-order valence-electron chi connectivity index (χ4n) is 1.73. The number of nitrogens with zero attached hydrogens (tertiary/aromatic N) is 1. The second kappa shape index (κ2) is 6.50. The van der Waals surface area contributed by atoms with Crippen molar-refractivity contribution >= 4 is 11.6 Å². The van der Waals surface area contributed by atoms with Gasteiger partial charge in [-0.1, -0.05) is 23.7 Å². The molecule has 0 unspecified atom stereocenters. The number of rotatable bonds is 5. The Balaban J connectivity index is 1.82. The quantitative estimate of drug-likeness (QED) is 0.854. The van der Waals surface area contributed by atoms with E-state index in [4.69, 9.17) is 11.6 Å². The maximum Gasteiger partial charge on any atom is 0.250 e.